The van der Waals surface area contributed by atoms with Crippen LogP contribution in [0, 0.1) is 56.2 Å². The molecule has 0 aromatic heterocycles. The molecule has 6 rings (SSSR count). The van der Waals surface area contributed by atoms with E-state index in [0.29, 0.717) is 25.2 Å². The maximum absolute atomic E-state index is 13.8. The summed E-state index contributed by atoms with van der Waals surface area (Å²) in [7, 11) is 0. The van der Waals surface area contributed by atoms with E-state index in [2.05, 4.69) is 54.5 Å². The number of carboxylic acid groups (broad SMARTS) is 1. The predicted molar refractivity (Wildman–Crippen MR) is 181 cm³/mol. The van der Waals surface area contributed by atoms with E-state index in [1.807, 2.05) is 0 Å². The Morgan fingerprint density at radius 3 is 2.26 bits per heavy atom. The van der Waals surface area contributed by atoms with Crippen molar-refractivity contribution in [2.24, 2.45) is 56.2 Å². The topological polar surface area (TPSA) is 180 Å². The third-order valence-electron chi connectivity index (χ3n) is 16.0. The van der Waals surface area contributed by atoms with Crippen LogP contribution < -0.4 is 0 Å². The second-order valence-electron chi connectivity index (χ2n) is 19.0. The van der Waals surface area contributed by atoms with Gasteiger partial charge in [0.05, 0.1) is 11.5 Å². The largest absolute Gasteiger partial charge is 0.479 e. The highest BCUT2D eigenvalue weighted by Gasteiger charge is 2.70. The van der Waals surface area contributed by atoms with Crippen molar-refractivity contribution in [2.45, 2.75) is 149 Å². The zero-order valence-electron chi connectivity index (χ0n) is 30.9. The number of carbonyl (C=O) groups excluding carboxylic acids is 2. The molecule has 11 nitrogen and oxygen atoms in total. The number of carbonyl (C=O) groups is 3. The first-order valence-corrected chi connectivity index (χ1v) is 18.8. The fourth-order valence-electron chi connectivity index (χ4n) is 13.1. The molecule has 5 unspecified atom stereocenters. The monoisotopic (exact) mass is 704 g/mol. The fourth-order valence-corrected chi connectivity index (χ4v) is 13.1. The molecule has 5 fully saturated rings. The number of carboxylic acids is 1. The average Bonchev–Trinajstić information content (AvgIpc) is 3.03. The van der Waals surface area contributed by atoms with Gasteiger partial charge in [0.25, 0.3) is 6.47 Å². The zero-order valence-corrected chi connectivity index (χ0v) is 30.9. The van der Waals surface area contributed by atoms with E-state index in [1.54, 1.807) is 0 Å². The lowest BCUT2D eigenvalue weighted by atomic mass is 9.33. The Labute approximate surface area is 296 Å². The third kappa shape index (κ3) is 5.41. The molecular formula is C39H60O11. The molecule has 14 atom stereocenters. The van der Waals surface area contributed by atoms with Gasteiger partial charge >= 0.3 is 11.9 Å². The second-order valence-corrected chi connectivity index (χ2v) is 19.0. The van der Waals surface area contributed by atoms with Gasteiger partial charge in [0.2, 0.25) is 6.29 Å². The highest BCUT2D eigenvalue weighted by Crippen LogP contribution is 2.76. The summed E-state index contributed by atoms with van der Waals surface area (Å²) in [6.45, 7) is 15.8. The van der Waals surface area contributed by atoms with Crippen LogP contribution in [0.15, 0.2) is 11.6 Å². The number of ether oxygens (including phenoxy) is 3. The number of rotatable bonds is 7. The van der Waals surface area contributed by atoms with E-state index in [4.69, 9.17) is 14.2 Å². The molecular weight excluding hydrogens is 644 g/mol. The minimum Gasteiger partial charge on any atom is -0.479 e. The summed E-state index contributed by atoms with van der Waals surface area (Å²) < 4.78 is 16.1. The number of aliphatic carboxylic acids is 1. The summed E-state index contributed by atoms with van der Waals surface area (Å²) in [5.41, 5.74) is 0.0603. The first-order chi connectivity index (χ1) is 23.2. The molecule has 11 heteroatoms. The van der Waals surface area contributed by atoms with E-state index in [1.165, 1.54) is 5.57 Å². The number of hydrogen-bond donors (Lipinski definition) is 5. The van der Waals surface area contributed by atoms with Crippen molar-refractivity contribution in [3.05, 3.63) is 11.6 Å². The van der Waals surface area contributed by atoms with Crippen molar-refractivity contribution in [1.82, 2.24) is 0 Å². The molecule has 0 radical (unpaired) electrons. The Hall–Kier alpha value is -2.05. The first-order valence-electron chi connectivity index (χ1n) is 18.8. The first kappa shape index (κ1) is 37.7. The molecule has 0 aromatic carbocycles. The minimum atomic E-state index is -1.65. The van der Waals surface area contributed by atoms with E-state index in [-0.39, 0.29) is 57.3 Å². The molecule has 1 aliphatic heterocycles. The zero-order chi connectivity index (χ0) is 36.8. The van der Waals surface area contributed by atoms with Crippen LogP contribution in [0.3, 0.4) is 0 Å². The Morgan fingerprint density at radius 1 is 0.920 bits per heavy atom. The number of fused-ring (bicyclic) bond motifs is 7. The SMILES string of the molecule is CC1(C)CC[C@]2(C(=O)OCC(=O)O)CC[C@]3(C)C(=CCC4[C@@]5(C)CC[C@H]([C@H](O)[C@@H]6OC(OC=O)[C@@H](O)[C@H](O)C6O)C(C)(C)C5CC[C@]43C)C2C1. The number of allylic oxidation sites excluding steroid dienone is 2. The van der Waals surface area contributed by atoms with Gasteiger partial charge in [-0.3, -0.25) is 9.59 Å². The van der Waals surface area contributed by atoms with Crippen LogP contribution in [0.25, 0.3) is 0 Å². The van der Waals surface area contributed by atoms with Crippen molar-refractivity contribution in [1.29, 1.82) is 0 Å². The molecule has 0 aromatic rings. The Bertz CT molecular complexity index is 1390. The summed E-state index contributed by atoms with van der Waals surface area (Å²) in [5, 5.41) is 52.9. The highest BCUT2D eigenvalue weighted by molar-refractivity contribution is 5.81. The van der Waals surface area contributed by atoms with Gasteiger partial charge in [0.1, 0.15) is 24.4 Å². The standard InChI is InChI=1S/C39H60O11/c1-34(2)14-16-39(33(47)48-19-26(41)42)17-15-37(6)21(23(39)18-34)8-9-25-36(5)12-10-22(35(3,4)24(36)11-13-38(25,37)7)27(43)31-29(45)28(44)30(46)32(50-31)49-20-40/h8,20,22-25,27-32,43-46H,9-19H2,1-7H3,(H,41,42)/t22-,23?,24?,25?,27+,28-,29?,30+,31+,32?,36+,37-,38-,39+/m1/s1. The lowest BCUT2D eigenvalue weighted by molar-refractivity contribution is -0.308. The number of hydrogen-bond acceptors (Lipinski definition) is 10. The van der Waals surface area contributed by atoms with Crippen LogP contribution in [0.5, 0.6) is 0 Å². The van der Waals surface area contributed by atoms with Gasteiger partial charge < -0.3 is 39.7 Å². The van der Waals surface area contributed by atoms with Gasteiger partial charge in [0.15, 0.2) is 6.61 Å². The second kappa shape index (κ2) is 12.5. The number of esters is 1. The smallest absolute Gasteiger partial charge is 0.341 e. The summed E-state index contributed by atoms with van der Waals surface area (Å²) in [6.07, 6.45) is 2.00. The molecule has 5 N–H and O–H groups in total. The maximum Gasteiger partial charge on any atom is 0.341 e. The highest BCUT2D eigenvalue weighted by atomic mass is 16.7. The van der Waals surface area contributed by atoms with Crippen molar-refractivity contribution in [2.75, 3.05) is 6.61 Å². The van der Waals surface area contributed by atoms with Gasteiger partial charge in [-0.15, -0.1) is 0 Å². The van der Waals surface area contributed by atoms with Gasteiger partial charge in [-0.1, -0.05) is 60.1 Å². The van der Waals surface area contributed by atoms with Crippen LogP contribution in [-0.2, 0) is 28.6 Å². The van der Waals surface area contributed by atoms with Crippen LogP contribution >= 0.6 is 0 Å². The molecule has 6 aliphatic rings. The van der Waals surface area contributed by atoms with E-state index in [9.17, 15) is 39.9 Å². The lowest BCUT2D eigenvalue weighted by Crippen LogP contribution is -2.67. The predicted octanol–water partition coefficient (Wildman–Crippen LogP) is 4.37. The number of aliphatic hydroxyl groups excluding tert-OH is 4. The summed E-state index contributed by atoms with van der Waals surface area (Å²) in [5.74, 6) is -1.20. The maximum atomic E-state index is 13.8. The fraction of sp³-hybridized carbons (Fsp3) is 0.872. The Morgan fingerprint density at radius 2 is 1.60 bits per heavy atom. The lowest BCUT2D eigenvalue weighted by Gasteiger charge is -2.71. The van der Waals surface area contributed by atoms with Crippen LogP contribution in [0.4, 0.5) is 0 Å². The quantitative estimate of drug-likeness (QED) is 0.144. The van der Waals surface area contributed by atoms with Gasteiger partial charge in [-0.2, -0.15) is 0 Å². The van der Waals surface area contributed by atoms with Gasteiger partial charge in [-0.25, -0.2) is 4.79 Å². The molecule has 0 amide bonds. The van der Waals surface area contributed by atoms with Crippen molar-refractivity contribution < 1.29 is 54.1 Å². The number of aliphatic hydroxyl groups is 4. The van der Waals surface area contributed by atoms with E-state index in [0.717, 1.165) is 44.9 Å². The van der Waals surface area contributed by atoms with Crippen LogP contribution in [0.1, 0.15) is 113 Å². The summed E-state index contributed by atoms with van der Waals surface area (Å²) in [4.78, 5) is 36.3. The Balaban J connectivity index is 1.30. The molecule has 50 heavy (non-hydrogen) atoms. The molecule has 1 heterocycles. The van der Waals surface area contributed by atoms with Crippen LogP contribution in [0.2, 0.25) is 0 Å². The molecule has 0 bridgehead atoms. The van der Waals surface area contributed by atoms with Crippen LogP contribution in [-0.4, -0.2) is 87.4 Å². The minimum absolute atomic E-state index is 0.000246. The average molecular weight is 705 g/mol. The third-order valence-corrected chi connectivity index (χ3v) is 16.0. The van der Waals surface area contributed by atoms with Crippen molar-refractivity contribution in [3.63, 3.8) is 0 Å². The van der Waals surface area contributed by atoms with E-state index >= 15 is 0 Å². The molecule has 5 aliphatic carbocycles. The molecule has 282 valence electrons. The summed E-state index contributed by atoms with van der Waals surface area (Å²) >= 11 is 0. The Kier molecular flexibility index (Phi) is 9.45. The summed E-state index contributed by atoms with van der Waals surface area (Å²) in [6, 6.07) is 0. The molecule has 4 saturated carbocycles. The van der Waals surface area contributed by atoms with Gasteiger partial charge in [-0.05, 0) is 115 Å². The normalized spacial score (nSPS) is 48.3. The van der Waals surface area contributed by atoms with E-state index < -0.39 is 54.8 Å². The van der Waals surface area contributed by atoms with Gasteiger partial charge in [0, 0.05) is 0 Å². The molecule has 1 saturated heterocycles. The molecule has 0 spiro atoms. The van der Waals surface area contributed by atoms with Crippen molar-refractivity contribution in [3.8, 4) is 0 Å². The van der Waals surface area contributed by atoms with Crippen molar-refractivity contribution >= 4 is 18.4 Å².